The lowest BCUT2D eigenvalue weighted by molar-refractivity contribution is -0.134. The predicted octanol–water partition coefficient (Wildman–Crippen LogP) is 2.22. The first-order valence-electron chi connectivity index (χ1n) is 7.84. The smallest absolute Gasteiger partial charge is 0.253 e. The number of hydrogen-bond donors (Lipinski definition) is 2. The Morgan fingerprint density at radius 1 is 1.43 bits per heavy atom. The van der Waals surface area contributed by atoms with Gasteiger partial charge in [0.05, 0.1) is 6.61 Å². The number of carbonyl (C=O) groups is 1. The van der Waals surface area contributed by atoms with Crippen LogP contribution in [0, 0.1) is 5.92 Å². The highest BCUT2D eigenvalue weighted by Crippen LogP contribution is 2.27. The molecule has 0 aliphatic carbocycles. The Morgan fingerprint density at radius 2 is 2.24 bits per heavy atom. The molecule has 0 fully saturated rings. The fraction of sp³-hybridized carbons (Fsp3) is 0.588. The van der Waals surface area contributed by atoms with Crippen LogP contribution >= 0.6 is 0 Å². The maximum atomic E-state index is 12.4. The zero-order chi connectivity index (χ0) is 15.1. The molecule has 1 aliphatic rings. The number of aliphatic hydroxyl groups excluding tert-OH is 1. The van der Waals surface area contributed by atoms with Crippen molar-refractivity contribution in [2.24, 2.45) is 5.92 Å². The van der Waals surface area contributed by atoms with Crippen LogP contribution in [0.1, 0.15) is 43.4 Å². The van der Waals surface area contributed by atoms with E-state index in [9.17, 15) is 4.79 Å². The molecule has 2 N–H and O–H groups in total. The van der Waals surface area contributed by atoms with E-state index in [1.54, 1.807) is 0 Å². The molecule has 2 atom stereocenters. The summed E-state index contributed by atoms with van der Waals surface area (Å²) in [5, 5.41) is 12.1. The van der Waals surface area contributed by atoms with Crippen LogP contribution in [0.3, 0.4) is 0 Å². The van der Waals surface area contributed by atoms with E-state index in [0.29, 0.717) is 19.1 Å². The predicted molar refractivity (Wildman–Crippen MR) is 81.9 cm³/mol. The Balaban J connectivity index is 1.95. The number of fused-ring (bicyclic) bond motifs is 1. The van der Waals surface area contributed by atoms with Crippen LogP contribution in [0.5, 0.6) is 0 Å². The van der Waals surface area contributed by atoms with Gasteiger partial charge in [0.2, 0.25) is 0 Å². The van der Waals surface area contributed by atoms with E-state index in [1.807, 2.05) is 18.2 Å². The van der Waals surface area contributed by atoms with Gasteiger partial charge in [0.25, 0.3) is 5.91 Å². The van der Waals surface area contributed by atoms with Crippen molar-refractivity contribution in [2.75, 3.05) is 19.8 Å². The number of hydrogen-bond acceptors (Lipinski definition) is 3. The quantitative estimate of drug-likeness (QED) is 0.810. The molecule has 1 amide bonds. The van der Waals surface area contributed by atoms with Crippen molar-refractivity contribution >= 4 is 5.91 Å². The fourth-order valence-corrected chi connectivity index (χ4v) is 2.89. The molecule has 2 rings (SSSR count). The third-order valence-electron chi connectivity index (χ3n) is 4.03. The van der Waals surface area contributed by atoms with Gasteiger partial charge in [-0.3, -0.25) is 4.79 Å². The van der Waals surface area contributed by atoms with E-state index in [2.05, 4.69) is 18.3 Å². The molecule has 0 saturated carbocycles. The van der Waals surface area contributed by atoms with Gasteiger partial charge >= 0.3 is 0 Å². The van der Waals surface area contributed by atoms with Crippen molar-refractivity contribution < 1.29 is 14.6 Å². The molecule has 1 aromatic carbocycles. The summed E-state index contributed by atoms with van der Waals surface area (Å²) in [6.07, 6.45) is 3.18. The highest BCUT2D eigenvalue weighted by atomic mass is 16.5. The SMILES string of the molecule is CCCC(CCO)CNC(=O)C1OCCc2ccccc21. The lowest BCUT2D eigenvalue weighted by atomic mass is 9.96. The summed E-state index contributed by atoms with van der Waals surface area (Å²) in [4.78, 5) is 12.4. The van der Waals surface area contributed by atoms with Gasteiger partial charge in [-0.15, -0.1) is 0 Å². The van der Waals surface area contributed by atoms with Gasteiger partial charge in [0.1, 0.15) is 0 Å². The second-order valence-electron chi connectivity index (χ2n) is 5.61. The molecule has 0 spiro atoms. The minimum absolute atomic E-state index is 0.0683. The van der Waals surface area contributed by atoms with Crippen LogP contribution in [0.4, 0.5) is 0 Å². The normalized spacial score (nSPS) is 18.9. The molecular weight excluding hydrogens is 266 g/mol. The minimum atomic E-state index is -0.494. The summed E-state index contributed by atoms with van der Waals surface area (Å²) in [5.41, 5.74) is 2.18. The van der Waals surface area contributed by atoms with Crippen LogP contribution in [0.25, 0.3) is 0 Å². The maximum Gasteiger partial charge on any atom is 0.253 e. The zero-order valence-corrected chi connectivity index (χ0v) is 12.7. The summed E-state index contributed by atoms with van der Waals surface area (Å²) >= 11 is 0. The van der Waals surface area contributed by atoms with E-state index in [1.165, 1.54) is 5.56 Å². The average Bonchev–Trinajstić information content (AvgIpc) is 2.52. The highest BCUT2D eigenvalue weighted by Gasteiger charge is 2.27. The number of amides is 1. The molecule has 0 saturated heterocycles. The number of ether oxygens (including phenoxy) is 1. The monoisotopic (exact) mass is 291 g/mol. The first kappa shape index (κ1) is 16.0. The van der Waals surface area contributed by atoms with Crippen molar-refractivity contribution in [1.82, 2.24) is 5.32 Å². The van der Waals surface area contributed by atoms with Crippen molar-refractivity contribution in [3.63, 3.8) is 0 Å². The van der Waals surface area contributed by atoms with E-state index in [-0.39, 0.29) is 12.5 Å². The van der Waals surface area contributed by atoms with Crippen LogP contribution in [0.2, 0.25) is 0 Å². The number of nitrogens with one attached hydrogen (secondary N) is 1. The summed E-state index contributed by atoms with van der Waals surface area (Å²) < 4.78 is 5.66. The Hall–Kier alpha value is -1.39. The summed E-state index contributed by atoms with van der Waals surface area (Å²) in [5.74, 6) is 0.268. The molecule has 4 heteroatoms. The van der Waals surface area contributed by atoms with Crippen molar-refractivity contribution in [2.45, 2.75) is 38.7 Å². The minimum Gasteiger partial charge on any atom is -0.396 e. The first-order chi connectivity index (χ1) is 10.3. The molecule has 1 heterocycles. The number of carbonyl (C=O) groups excluding carboxylic acids is 1. The second-order valence-corrected chi connectivity index (χ2v) is 5.61. The average molecular weight is 291 g/mol. The molecule has 4 nitrogen and oxygen atoms in total. The van der Waals surface area contributed by atoms with Crippen LogP contribution < -0.4 is 5.32 Å². The molecule has 1 aliphatic heterocycles. The summed E-state index contributed by atoms with van der Waals surface area (Å²) in [6, 6.07) is 7.97. The van der Waals surface area contributed by atoms with Gasteiger partial charge < -0.3 is 15.2 Å². The first-order valence-corrected chi connectivity index (χ1v) is 7.84. The van der Waals surface area contributed by atoms with E-state index >= 15 is 0 Å². The topological polar surface area (TPSA) is 58.6 Å². The third kappa shape index (κ3) is 4.29. The van der Waals surface area contributed by atoms with Crippen molar-refractivity contribution in [3.05, 3.63) is 35.4 Å². The fourth-order valence-electron chi connectivity index (χ4n) is 2.89. The van der Waals surface area contributed by atoms with E-state index in [4.69, 9.17) is 9.84 Å². The molecule has 2 unspecified atom stereocenters. The molecular formula is C17H25NO3. The molecule has 116 valence electrons. The Morgan fingerprint density at radius 3 is 3.00 bits per heavy atom. The van der Waals surface area contributed by atoms with E-state index in [0.717, 1.165) is 31.2 Å². The number of benzene rings is 1. The van der Waals surface area contributed by atoms with Gasteiger partial charge in [-0.2, -0.15) is 0 Å². The van der Waals surface area contributed by atoms with Gasteiger partial charge in [-0.1, -0.05) is 37.6 Å². The summed E-state index contributed by atoms with van der Waals surface area (Å²) in [7, 11) is 0. The van der Waals surface area contributed by atoms with Crippen molar-refractivity contribution in [3.8, 4) is 0 Å². The van der Waals surface area contributed by atoms with Crippen LogP contribution in [-0.2, 0) is 16.0 Å². The zero-order valence-electron chi connectivity index (χ0n) is 12.7. The molecule has 0 bridgehead atoms. The van der Waals surface area contributed by atoms with Crippen molar-refractivity contribution in [1.29, 1.82) is 0 Å². The lowest BCUT2D eigenvalue weighted by Crippen LogP contribution is -2.36. The Bertz CT molecular complexity index is 455. The third-order valence-corrected chi connectivity index (χ3v) is 4.03. The number of rotatable bonds is 7. The summed E-state index contributed by atoms with van der Waals surface area (Å²) in [6.45, 7) is 3.48. The van der Waals surface area contributed by atoms with Gasteiger partial charge in [-0.05, 0) is 36.3 Å². The second kappa shape index (κ2) is 8.15. The lowest BCUT2D eigenvalue weighted by Gasteiger charge is -2.26. The standard InChI is InChI=1S/C17H25NO3/c1-2-5-13(8-10-19)12-18-17(20)16-15-7-4-3-6-14(15)9-11-21-16/h3-4,6-7,13,16,19H,2,5,8-12H2,1H3,(H,18,20). The van der Waals surface area contributed by atoms with Gasteiger partial charge in [-0.25, -0.2) is 0 Å². The van der Waals surface area contributed by atoms with Crippen LogP contribution in [-0.4, -0.2) is 30.8 Å². The Kier molecular flexibility index (Phi) is 6.21. The van der Waals surface area contributed by atoms with Gasteiger partial charge in [0, 0.05) is 13.2 Å². The van der Waals surface area contributed by atoms with Gasteiger partial charge in [0.15, 0.2) is 6.10 Å². The largest absolute Gasteiger partial charge is 0.396 e. The van der Waals surface area contributed by atoms with E-state index < -0.39 is 6.10 Å². The maximum absolute atomic E-state index is 12.4. The molecule has 0 radical (unpaired) electrons. The number of aliphatic hydroxyl groups is 1. The van der Waals surface area contributed by atoms with Crippen LogP contribution in [0.15, 0.2) is 24.3 Å². The molecule has 0 aromatic heterocycles. The molecule has 1 aromatic rings. The molecule has 21 heavy (non-hydrogen) atoms. The Labute approximate surface area is 126 Å². The highest BCUT2D eigenvalue weighted by molar-refractivity contribution is 5.82.